The van der Waals surface area contributed by atoms with Crippen molar-refractivity contribution in [2.75, 3.05) is 6.61 Å². The number of hydrogen-bond donors (Lipinski definition) is 0. The van der Waals surface area contributed by atoms with Gasteiger partial charge in [0.15, 0.2) is 0 Å². The van der Waals surface area contributed by atoms with Crippen molar-refractivity contribution in [3.8, 4) is 0 Å². The first-order chi connectivity index (χ1) is 6.06. The van der Waals surface area contributed by atoms with Crippen molar-refractivity contribution in [3.63, 3.8) is 0 Å². The molecule has 0 saturated carbocycles. The number of hydrogen-bond acceptors (Lipinski definition) is 4. The lowest BCUT2D eigenvalue weighted by Crippen LogP contribution is -2.24. The highest BCUT2D eigenvalue weighted by Crippen LogP contribution is 2.08. The van der Waals surface area contributed by atoms with Crippen molar-refractivity contribution in [2.45, 2.75) is 26.4 Å². The Bertz CT molecular complexity index is 170. The van der Waals surface area contributed by atoms with Gasteiger partial charge in [0.2, 0.25) is 13.7 Å². The third-order valence-electron chi connectivity index (χ3n) is 1.42. The predicted molar refractivity (Wildman–Crippen MR) is 50.3 cm³/mol. The molecule has 0 aliphatic rings. The van der Waals surface area contributed by atoms with Crippen molar-refractivity contribution >= 4 is 20.2 Å². The van der Waals surface area contributed by atoms with Crippen LogP contribution in [0.2, 0.25) is 0 Å². The molecule has 4 nitrogen and oxygen atoms in total. The maximum atomic E-state index is 10.6. The van der Waals surface area contributed by atoms with Crippen LogP contribution in [0.5, 0.6) is 0 Å². The van der Waals surface area contributed by atoms with Gasteiger partial charge in [0.25, 0.3) is 6.47 Å². The summed E-state index contributed by atoms with van der Waals surface area (Å²) in [5, 5.41) is 0. The summed E-state index contributed by atoms with van der Waals surface area (Å²) in [5.74, 6) is 0.0553. The molecule has 0 saturated heterocycles. The van der Waals surface area contributed by atoms with E-state index in [0.717, 1.165) is 0 Å². The van der Waals surface area contributed by atoms with E-state index in [9.17, 15) is 9.59 Å². The molecule has 0 aromatic heterocycles. The zero-order valence-corrected chi connectivity index (χ0v) is 8.28. The highest BCUT2D eigenvalue weighted by atomic mass is 16.6. The molecule has 5 heteroatoms. The van der Waals surface area contributed by atoms with E-state index in [-0.39, 0.29) is 18.6 Å². The summed E-state index contributed by atoms with van der Waals surface area (Å²) in [6, 6.07) is 0. The summed E-state index contributed by atoms with van der Waals surface area (Å²) in [6.07, 6.45) is 0.385. The van der Waals surface area contributed by atoms with E-state index in [1.165, 1.54) is 7.85 Å². The molecule has 0 amide bonds. The summed E-state index contributed by atoms with van der Waals surface area (Å²) in [7, 11) is 1.34. The molecule has 1 unspecified atom stereocenters. The van der Waals surface area contributed by atoms with Gasteiger partial charge < -0.3 is 9.47 Å². The lowest BCUT2D eigenvalue weighted by atomic mass is 10.1. The molecule has 0 fully saturated rings. The Balaban J connectivity index is 3.86. The minimum atomic E-state index is -0.347. The Hall–Kier alpha value is -0.995. The maximum absolute atomic E-state index is 10.6. The molecule has 0 aromatic carbocycles. The summed E-state index contributed by atoms with van der Waals surface area (Å²) >= 11 is 0. The van der Waals surface area contributed by atoms with Gasteiger partial charge in [-0.15, -0.1) is 0 Å². The Labute approximate surface area is 79.0 Å². The normalized spacial score (nSPS) is 12.2. The quantitative estimate of drug-likeness (QED) is 0.443. The molecule has 13 heavy (non-hydrogen) atoms. The Morgan fingerprint density at radius 1 is 1.54 bits per heavy atom. The highest BCUT2D eigenvalue weighted by molar-refractivity contribution is 6.55. The van der Waals surface area contributed by atoms with Crippen molar-refractivity contribution < 1.29 is 19.1 Å². The first kappa shape index (κ1) is 12.0. The van der Waals surface area contributed by atoms with Crippen molar-refractivity contribution in [3.05, 3.63) is 0 Å². The summed E-state index contributed by atoms with van der Waals surface area (Å²) in [5.41, 5.74) is 0. The molecule has 1 atom stereocenters. The molecule has 0 aliphatic heterocycles. The van der Waals surface area contributed by atoms with Crippen LogP contribution in [-0.4, -0.2) is 32.9 Å². The molecule has 0 rings (SSSR count). The first-order valence-corrected chi connectivity index (χ1v) is 4.28. The molecule has 0 N–H and O–H groups in total. The van der Waals surface area contributed by atoms with Crippen molar-refractivity contribution in [2.24, 2.45) is 5.92 Å². The SMILES string of the molecule is BC(=O)OC(COC=O)CC(C)C. The van der Waals surface area contributed by atoms with Crippen molar-refractivity contribution in [1.82, 2.24) is 0 Å². The van der Waals surface area contributed by atoms with Crippen LogP contribution in [0.15, 0.2) is 0 Å². The zero-order valence-electron chi connectivity index (χ0n) is 8.28. The van der Waals surface area contributed by atoms with E-state index in [1.807, 2.05) is 13.8 Å². The lowest BCUT2D eigenvalue weighted by molar-refractivity contribution is -0.131. The lowest BCUT2D eigenvalue weighted by Gasteiger charge is -2.17. The fourth-order valence-corrected chi connectivity index (χ4v) is 1.06. The van der Waals surface area contributed by atoms with Crippen LogP contribution in [0.25, 0.3) is 0 Å². The molecule has 0 spiro atoms. The molecule has 0 aliphatic carbocycles. The topological polar surface area (TPSA) is 52.6 Å². The third-order valence-corrected chi connectivity index (χ3v) is 1.42. The van der Waals surface area contributed by atoms with Crippen LogP contribution in [0, 0.1) is 5.92 Å². The van der Waals surface area contributed by atoms with Crippen LogP contribution in [-0.2, 0) is 14.3 Å². The number of rotatable bonds is 6. The molecule has 0 heterocycles. The maximum Gasteiger partial charge on any atom is 0.293 e. The van der Waals surface area contributed by atoms with Gasteiger partial charge in [0.1, 0.15) is 12.7 Å². The van der Waals surface area contributed by atoms with Gasteiger partial charge in [-0.1, -0.05) is 13.8 Å². The molecular formula is C8H15BO4. The third kappa shape index (κ3) is 7.37. The second kappa shape index (κ2) is 6.51. The van der Waals surface area contributed by atoms with Gasteiger partial charge in [0.05, 0.1) is 0 Å². The summed E-state index contributed by atoms with van der Waals surface area (Å²) < 4.78 is 9.48. The van der Waals surface area contributed by atoms with E-state index in [0.29, 0.717) is 18.8 Å². The molecule has 0 aromatic rings. The van der Waals surface area contributed by atoms with Gasteiger partial charge in [-0.3, -0.25) is 9.59 Å². The van der Waals surface area contributed by atoms with Crippen LogP contribution in [0.3, 0.4) is 0 Å². The molecule has 0 radical (unpaired) electrons. The second-order valence-electron chi connectivity index (χ2n) is 3.29. The van der Waals surface area contributed by atoms with Gasteiger partial charge in [-0.05, 0) is 12.3 Å². The summed E-state index contributed by atoms with van der Waals surface area (Å²) in [4.78, 5) is 20.6. The summed E-state index contributed by atoms with van der Waals surface area (Å²) in [6.45, 7) is 4.52. The fourth-order valence-electron chi connectivity index (χ4n) is 1.06. The predicted octanol–water partition coefficient (Wildman–Crippen LogP) is 0.344. The van der Waals surface area contributed by atoms with E-state index in [1.54, 1.807) is 0 Å². The van der Waals surface area contributed by atoms with E-state index in [4.69, 9.17) is 4.74 Å². The fraction of sp³-hybridized carbons (Fsp3) is 0.750. The van der Waals surface area contributed by atoms with Gasteiger partial charge in [0, 0.05) is 0 Å². The number of carbonyl (C=O) groups is 2. The van der Waals surface area contributed by atoms with Gasteiger partial charge in [-0.2, -0.15) is 0 Å². The minimum absolute atomic E-state index is 0.140. The monoisotopic (exact) mass is 186 g/mol. The molecule has 74 valence electrons. The number of carbonyl (C=O) groups excluding carboxylic acids is 2. The van der Waals surface area contributed by atoms with Crippen molar-refractivity contribution in [1.29, 1.82) is 0 Å². The van der Waals surface area contributed by atoms with Crippen LogP contribution < -0.4 is 0 Å². The average Bonchev–Trinajstić information content (AvgIpc) is 1.98. The van der Waals surface area contributed by atoms with Gasteiger partial charge in [-0.25, -0.2) is 0 Å². The average molecular weight is 186 g/mol. The smallest absolute Gasteiger partial charge is 0.293 e. The van der Waals surface area contributed by atoms with E-state index in [2.05, 4.69) is 4.74 Å². The van der Waals surface area contributed by atoms with E-state index >= 15 is 0 Å². The first-order valence-electron chi connectivity index (χ1n) is 4.28. The highest BCUT2D eigenvalue weighted by Gasteiger charge is 2.13. The largest absolute Gasteiger partial charge is 0.467 e. The van der Waals surface area contributed by atoms with E-state index < -0.39 is 0 Å². The molecular weight excluding hydrogens is 171 g/mol. The van der Waals surface area contributed by atoms with Crippen LogP contribution in [0.1, 0.15) is 20.3 Å². The standard InChI is InChI=1S/C8H15BO4/c1-6(2)3-7(4-12-5-10)13-8(9)11/h5-7H,3-4,9H2,1-2H3. The Morgan fingerprint density at radius 3 is 2.54 bits per heavy atom. The Morgan fingerprint density at radius 2 is 2.15 bits per heavy atom. The molecule has 0 bridgehead atoms. The van der Waals surface area contributed by atoms with Crippen LogP contribution >= 0.6 is 0 Å². The second-order valence-corrected chi connectivity index (χ2v) is 3.29. The minimum Gasteiger partial charge on any atom is -0.467 e. The van der Waals surface area contributed by atoms with Crippen LogP contribution in [0.4, 0.5) is 4.79 Å². The Kier molecular flexibility index (Phi) is 6.01. The number of ether oxygens (including phenoxy) is 2. The zero-order chi connectivity index (χ0) is 10.3. The van der Waals surface area contributed by atoms with Gasteiger partial charge >= 0.3 is 0 Å².